The molecule has 5 aromatic carbocycles. The van der Waals surface area contributed by atoms with Crippen molar-refractivity contribution >= 4 is 66.7 Å². The second-order valence-corrected chi connectivity index (χ2v) is 14.9. The quantitative estimate of drug-likeness (QED) is 0.0778. The normalized spacial score (nSPS) is 11.6. The van der Waals surface area contributed by atoms with E-state index in [1.165, 1.54) is 76.2 Å². The van der Waals surface area contributed by atoms with Crippen LogP contribution in [0.2, 0.25) is 0 Å². The molecule has 2 heterocycles. The second kappa shape index (κ2) is 15.0. The summed E-state index contributed by atoms with van der Waals surface area (Å²) in [6.07, 6.45) is -4.87. The number of anilines is 2. The first-order valence-electron chi connectivity index (χ1n) is 17.0. The van der Waals surface area contributed by atoms with E-state index in [4.69, 9.17) is 8.83 Å². The third-order valence-corrected chi connectivity index (χ3v) is 11.4. The summed E-state index contributed by atoms with van der Waals surface area (Å²) in [6.45, 7) is 0. The topological polar surface area (TPSA) is 139 Å². The molecule has 1 aliphatic carbocycles. The van der Waals surface area contributed by atoms with E-state index in [1.54, 1.807) is 72.8 Å². The van der Waals surface area contributed by atoms with Gasteiger partial charge >= 0.3 is 11.8 Å². The Labute approximate surface area is 327 Å². The van der Waals surface area contributed by atoms with E-state index in [-0.39, 0.29) is 50.4 Å². The van der Waals surface area contributed by atoms with Crippen LogP contribution in [0, 0.1) is 0 Å². The van der Waals surface area contributed by atoms with Crippen LogP contribution in [0.1, 0.15) is 26.3 Å². The Morgan fingerprint density at radius 3 is 1.93 bits per heavy atom. The van der Waals surface area contributed by atoms with Crippen molar-refractivity contribution in [2.75, 3.05) is 10.6 Å². The Morgan fingerprint density at radius 2 is 1.25 bits per heavy atom. The average molecular weight is 803 g/mol. The molecule has 6 aromatic rings. The minimum atomic E-state index is -4.87. The van der Waals surface area contributed by atoms with Gasteiger partial charge in [-0.1, -0.05) is 51.9 Å². The zero-order valence-electron chi connectivity index (χ0n) is 29.0. The molecular formula is C43H25F3N2O7S2. The number of carbonyl (C=O) groups is 2. The van der Waals surface area contributed by atoms with Crippen molar-refractivity contribution < 1.29 is 36.7 Å². The highest BCUT2D eigenvalue weighted by Gasteiger charge is 2.36. The van der Waals surface area contributed by atoms with Crippen molar-refractivity contribution in [1.29, 1.82) is 0 Å². The van der Waals surface area contributed by atoms with Crippen LogP contribution in [0.4, 0.5) is 24.5 Å². The maximum atomic E-state index is 14.8. The van der Waals surface area contributed by atoms with E-state index < -0.39 is 34.6 Å². The van der Waals surface area contributed by atoms with Gasteiger partial charge in [0.05, 0.1) is 16.7 Å². The minimum absolute atomic E-state index is 0.0404. The molecule has 282 valence electrons. The molecule has 0 bridgehead atoms. The summed E-state index contributed by atoms with van der Waals surface area (Å²) in [5.74, 6) is -1.19. The van der Waals surface area contributed by atoms with Crippen LogP contribution < -0.4 is 21.7 Å². The molecule has 2 aliphatic rings. The molecule has 0 radical (unpaired) electrons. The van der Waals surface area contributed by atoms with Gasteiger partial charge in [-0.3, -0.25) is 14.4 Å². The highest BCUT2D eigenvalue weighted by Crippen LogP contribution is 2.46. The molecule has 8 rings (SSSR count). The fraction of sp³-hybridized carbons (Fsp3) is 0.0233. The summed E-state index contributed by atoms with van der Waals surface area (Å²) < 4.78 is 55.5. The number of halogens is 3. The van der Waals surface area contributed by atoms with Crippen molar-refractivity contribution in [3.63, 3.8) is 0 Å². The van der Waals surface area contributed by atoms with Gasteiger partial charge < -0.3 is 24.6 Å². The number of benzene rings is 6. The fourth-order valence-corrected chi connectivity index (χ4v) is 8.67. The van der Waals surface area contributed by atoms with E-state index in [0.717, 1.165) is 6.07 Å². The van der Waals surface area contributed by atoms with Crippen LogP contribution in [0.15, 0.2) is 162 Å². The number of phenolic OH excluding ortho intramolecular Hbond substituents is 1. The molecule has 3 N–H and O–H groups in total. The average Bonchev–Trinajstić information content (AvgIpc) is 3.19. The summed E-state index contributed by atoms with van der Waals surface area (Å²) in [6, 6.07) is 32.5. The van der Waals surface area contributed by atoms with Crippen LogP contribution in [0.25, 0.3) is 44.4 Å². The Kier molecular flexibility index (Phi) is 9.81. The van der Waals surface area contributed by atoms with Crippen molar-refractivity contribution in [3.05, 3.63) is 171 Å². The number of aromatic hydroxyl groups is 1. The summed E-state index contributed by atoms with van der Waals surface area (Å²) in [5, 5.41) is 16.4. The van der Waals surface area contributed by atoms with E-state index in [0.29, 0.717) is 32.0 Å². The first kappa shape index (κ1) is 37.2. The number of hydrogen-bond donors (Lipinski definition) is 3. The third-order valence-electron chi connectivity index (χ3n) is 8.89. The second-order valence-electron chi connectivity index (χ2n) is 12.6. The van der Waals surface area contributed by atoms with Gasteiger partial charge in [-0.2, -0.15) is 13.2 Å². The maximum absolute atomic E-state index is 14.8. The van der Waals surface area contributed by atoms with Crippen molar-refractivity contribution in [2.24, 2.45) is 0 Å². The lowest BCUT2D eigenvalue weighted by molar-refractivity contribution is -0.137. The molecule has 57 heavy (non-hydrogen) atoms. The van der Waals surface area contributed by atoms with E-state index in [1.807, 2.05) is 0 Å². The van der Waals surface area contributed by atoms with Gasteiger partial charge in [-0.15, -0.1) is 0 Å². The molecule has 0 saturated carbocycles. The monoisotopic (exact) mass is 802 g/mol. The predicted molar refractivity (Wildman–Crippen MR) is 214 cm³/mol. The number of fused-ring (bicyclic) bond motifs is 3. The molecule has 1 aliphatic heterocycles. The maximum Gasteiger partial charge on any atom is 0.417 e. The molecule has 0 atom stereocenters. The first-order valence-corrected chi connectivity index (χ1v) is 19.2. The van der Waals surface area contributed by atoms with Gasteiger partial charge in [0.15, 0.2) is 5.43 Å². The predicted octanol–water partition coefficient (Wildman–Crippen LogP) is 10.7. The lowest BCUT2D eigenvalue weighted by Gasteiger charge is -2.20. The number of nitrogens with one attached hydrogen (secondary N) is 2. The molecule has 0 saturated heterocycles. The van der Waals surface area contributed by atoms with Crippen LogP contribution in [-0.2, 0) is 6.18 Å². The third kappa shape index (κ3) is 7.72. The largest absolute Gasteiger partial charge is 0.508 e. The van der Waals surface area contributed by atoms with Crippen molar-refractivity contribution in [1.82, 2.24) is 0 Å². The number of hydrogen-bond acceptors (Lipinski definition) is 9. The van der Waals surface area contributed by atoms with Gasteiger partial charge in [0.1, 0.15) is 22.7 Å². The standard InChI is InChI=1S/C43H25F3N2O7S2/c44-43(45,46)33-20-25(10-14-28(33)40-29-15-12-26(49)21-35(29)54-36-22-27(50)13-16-30(36)40)48-42(53)32-6-2-4-8-38(32)57-56-37-7-3-1-5-31(37)41(52)47-24-11-17-34-23(19-24)9-18-39(51)55-34/h1-22,49H,(H,47,52)(H,48,53). The molecule has 1 aromatic heterocycles. The highest BCUT2D eigenvalue weighted by molar-refractivity contribution is 8.76. The van der Waals surface area contributed by atoms with E-state index in [9.17, 15) is 37.5 Å². The Balaban J connectivity index is 1.05. The van der Waals surface area contributed by atoms with Gasteiger partial charge in [0, 0.05) is 61.3 Å². The first-order chi connectivity index (χ1) is 27.4. The van der Waals surface area contributed by atoms with Crippen molar-refractivity contribution in [3.8, 4) is 28.2 Å². The van der Waals surface area contributed by atoms with Crippen molar-refractivity contribution in [2.45, 2.75) is 16.0 Å². The van der Waals surface area contributed by atoms with Crippen LogP contribution in [0.3, 0.4) is 0 Å². The van der Waals surface area contributed by atoms with Crippen LogP contribution >= 0.6 is 21.6 Å². The van der Waals surface area contributed by atoms with Gasteiger partial charge in [-0.05, 0) is 90.5 Å². The number of phenols is 1. The molecule has 0 unspecified atom stereocenters. The number of alkyl halides is 3. The lowest BCUT2D eigenvalue weighted by Crippen LogP contribution is -2.15. The van der Waals surface area contributed by atoms with Crippen LogP contribution in [-0.4, -0.2) is 16.9 Å². The fourth-order valence-electron chi connectivity index (χ4n) is 6.31. The van der Waals surface area contributed by atoms with E-state index in [2.05, 4.69) is 10.6 Å². The zero-order chi connectivity index (χ0) is 39.8. The van der Waals surface area contributed by atoms with Gasteiger partial charge in [0.2, 0.25) is 0 Å². The van der Waals surface area contributed by atoms with Gasteiger partial charge in [0.25, 0.3) is 11.8 Å². The molecule has 2 amide bonds. The van der Waals surface area contributed by atoms with Crippen LogP contribution in [0.5, 0.6) is 5.75 Å². The molecular weight excluding hydrogens is 778 g/mol. The summed E-state index contributed by atoms with van der Waals surface area (Å²) in [4.78, 5) is 51.9. The summed E-state index contributed by atoms with van der Waals surface area (Å²) in [7, 11) is 2.42. The summed E-state index contributed by atoms with van der Waals surface area (Å²) >= 11 is 0. The molecule has 9 nitrogen and oxygen atoms in total. The highest BCUT2D eigenvalue weighted by atomic mass is 33.1. The molecule has 14 heteroatoms. The SMILES string of the molecule is O=C(Nc1ccc(-c2c3ccc(=O)cc-3oc3cc(O)ccc23)c(C(F)(F)F)c1)c1ccccc1SSc1ccccc1C(=O)Nc1ccc2oc(=O)ccc2c1. The smallest absolute Gasteiger partial charge is 0.417 e. The summed E-state index contributed by atoms with van der Waals surface area (Å²) in [5.41, 5.74) is -0.410. The molecule has 0 fully saturated rings. The Hall–Kier alpha value is -6.77. The zero-order valence-corrected chi connectivity index (χ0v) is 30.7. The number of carbonyl (C=O) groups excluding carboxylic acids is 2. The van der Waals surface area contributed by atoms with Gasteiger partial charge in [-0.25, -0.2) is 4.79 Å². The minimum Gasteiger partial charge on any atom is -0.508 e. The number of amides is 2. The number of rotatable bonds is 8. The lowest BCUT2D eigenvalue weighted by atomic mass is 9.90. The molecule has 0 spiro atoms. The Morgan fingerprint density at radius 1 is 0.614 bits per heavy atom. The van der Waals surface area contributed by atoms with E-state index >= 15 is 0 Å². The Bertz CT molecular complexity index is 2980.